The average Bonchev–Trinajstić information content (AvgIpc) is 3.41. The van der Waals surface area contributed by atoms with Crippen molar-refractivity contribution in [1.82, 2.24) is 25.5 Å². The fourth-order valence-electron chi connectivity index (χ4n) is 3.13. The van der Waals surface area contributed by atoms with Gasteiger partial charge < -0.3 is 14.2 Å². The molecule has 25 heavy (non-hydrogen) atoms. The maximum atomic E-state index is 12.8. The lowest BCUT2D eigenvalue weighted by molar-refractivity contribution is 0.0679. The maximum absolute atomic E-state index is 12.8. The molecule has 8 nitrogen and oxygen atoms in total. The molecule has 0 spiro atoms. The molecule has 1 aliphatic heterocycles. The van der Waals surface area contributed by atoms with Gasteiger partial charge in [-0.1, -0.05) is 35.5 Å². The van der Waals surface area contributed by atoms with E-state index in [4.69, 9.17) is 9.26 Å². The fraction of sp³-hybridized carbons (Fsp3) is 0.294. The van der Waals surface area contributed by atoms with Gasteiger partial charge in [0, 0.05) is 31.8 Å². The van der Waals surface area contributed by atoms with Crippen molar-refractivity contribution in [1.29, 1.82) is 0 Å². The first kappa shape index (κ1) is 15.5. The van der Waals surface area contributed by atoms with Gasteiger partial charge in [0.2, 0.25) is 5.76 Å². The molecule has 0 aliphatic carbocycles. The summed E-state index contributed by atoms with van der Waals surface area (Å²) in [5.74, 6) is -0.0125. The molecule has 3 heterocycles. The third-order valence-corrected chi connectivity index (χ3v) is 4.46. The van der Waals surface area contributed by atoms with Crippen molar-refractivity contribution >= 4 is 5.91 Å². The van der Waals surface area contributed by atoms with Crippen LogP contribution in [0.4, 0.5) is 0 Å². The van der Waals surface area contributed by atoms with Crippen LogP contribution in [0.15, 0.2) is 47.1 Å². The molecule has 0 bridgehead atoms. The summed E-state index contributed by atoms with van der Waals surface area (Å²) in [6, 6.07) is 11.3. The number of carbonyl (C=O) groups is 1. The zero-order valence-electron chi connectivity index (χ0n) is 13.6. The van der Waals surface area contributed by atoms with Crippen molar-refractivity contribution in [2.75, 3.05) is 20.2 Å². The Balaban J connectivity index is 1.53. The monoisotopic (exact) mass is 339 g/mol. The van der Waals surface area contributed by atoms with Crippen LogP contribution < -0.4 is 0 Å². The van der Waals surface area contributed by atoms with Gasteiger partial charge in [0.15, 0.2) is 0 Å². The summed E-state index contributed by atoms with van der Waals surface area (Å²) in [5, 5.41) is 14.6. The smallest absolute Gasteiger partial charge is 0.292 e. The van der Waals surface area contributed by atoms with Crippen molar-refractivity contribution in [3.8, 4) is 11.3 Å². The number of likely N-dealkylation sites (tertiary alicyclic amines) is 1. The first-order chi connectivity index (χ1) is 12.3. The summed E-state index contributed by atoms with van der Waals surface area (Å²) in [4.78, 5) is 14.5. The van der Waals surface area contributed by atoms with Crippen molar-refractivity contribution in [3.63, 3.8) is 0 Å². The van der Waals surface area contributed by atoms with E-state index in [-0.39, 0.29) is 23.7 Å². The van der Waals surface area contributed by atoms with Gasteiger partial charge in [-0.05, 0) is 0 Å². The van der Waals surface area contributed by atoms with E-state index in [1.807, 2.05) is 30.3 Å². The molecular formula is C17H17N5O3. The second-order valence-corrected chi connectivity index (χ2v) is 5.93. The average molecular weight is 339 g/mol. The lowest BCUT2D eigenvalue weighted by Gasteiger charge is -2.13. The molecule has 4 rings (SSSR count). The van der Waals surface area contributed by atoms with Crippen LogP contribution in [0, 0.1) is 0 Å². The number of aromatic nitrogens is 4. The van der Waals surface area contributed by atoms with Crippen molar-refractivity contribution in [2.24, 2.45) is 0 Å². The van der Waals surface area contributed by atoms with Crippen LogP contribution >= 0.6 is 0 Å². The summed E-state index contributed by atoms with van der Waals surface area (Å²) < 4.78 is 10.8. The molecule has 8 heteroatoms. The second kappa shape index (κ2) is 6.48. The Morgan fingerprint density at radius 2 is 2.16 bits per heavy atom. The first-order valence-electron chi connectivity index (χ1n) is 7.96. The summed E-state index contributed by atoms with van der Waals surface area (Å²) in [6.07, 6.45) is 1.53. The SMILES string of the molecule is CO[C@@H]1CN(C(=O)c2cc(-c3ccccc3)no2)C[C@H]1c1cn[nH]n1. The third kappa shape index (κ3) is 2.91. The number of ether oxygens (including phenoxy) is 1. The summed E-state index contributed by atoms with van der Waals surface area (Å²) >= 11 is 0. The number of H-pyrrole nitrogens is 1. The highest BCUT2D eigenvalue weighted by atomic mass is 16.5. The number of amides is 1. The van der Waals surface area contributed by atoms with Crippen molar-refractivity contribution in [2.45, 2.75) is 12.0 Å². The van der Waals surface area contributed by atoms with E-state index in [9.17, 15) is 4.79 Å². The van der Waals surface area contributed by atoms with E-state index in [1.165, 1.54) is 0 Å². The third-order valence-electron chi connectivity index (χ3n) is 4.46. The quantitative estimate of drug-likeness (QED) is 0.777. The topological polar surface area (TPSA) is 97.1 Å². The van der Waals surface area contributed by atoms with Gasteiger partial charge in [-0.3, -0.25) is 4.79 Å². The Hall–Kier alpha value is -3.00. The van der Waals surface area contributed by atoms with Crippen molar-refractivity contribution < 1.29 is 14.1 Å². The number of nitrogens with one attached hydrogen (secondary N) is 1. The summed E-state index contributed by atoms with van der Waals surface area (Å²) in [7, 11) is 1.63. The predicted octanol–water partition coefficient (Wildman–Crippen LogP) is 1.71. The van der Waals surface area contributed by atoms with Gasteiger partial charge in [0.25, 0.3) is 5.91 Å². The zero-order valence-corrected chi connectivity index (χ0v) is 13.6. The number of hydrogen-bond donors (Lipinski definition) is 1. The normalized spacial score (nSPS) is 20.1. The minimum Gasteiger partial charge on any atom is -0.379 e. The minimum absolute atomic E-state index is 0.0239. The number of nitrogens with zero attached hydrogens (tertiary/aromatic N) is 4. The summed E-state index contributed by atoms with van der Waals surface area (Å²) in [5.41, 5.74) is 2.33. The van der Waals surface area contributed by atoms with Crippen LogP contribution in [0.5, 0.6) is 0 Å². The van der Waals surface area contributed by atoms with Crippen LogP contribution in [0.3, 0.4) is 0 Å². The van der Waals surface area contributed by atoms with Crippen LogP contribution in [0.1, 0.15) is 22.2 Å². The van der Waals surface area contributed by atoms with Gasteiger partial charge in [0.05, 0.1) is 23.9 Å². The van der Waals surface area contributed by atoms with Crippen LogP contribution in [-0.4, -0.2) is 57.7 Å². The fourth-order valence-corrected chi connectivity index (χ4v) is 3.13. The van der Waals surface area contributed by atoms with Gasteiger partial charge in [-0.25, -0.2) is 0 Å². The first-order valence-corrected chi connectivity index (χ1v) is 7.96. The predicted molar refractivity (Wildman–Crippen MR) is 87.8 cm³/mol. The Kier molecular flexibility index (Phi) is 4.02. The Morgan fingerprint density at radius 1 is 1.32 bits per heavy atom. The van der Waals surface area contributed by atoms with Gasteiger partial charge >= 0.3 is 0 Å². The van der Waals surface area contributed by atoms with E-state index in [0.717, 1.165) is 11.3 Å². The molecule has 1 fully saturated rings. The molecule has 1 saturated heterocycles. The van der Waals surface area contributed by atoms with Gasteiger partial charge in [0.1, 0.15) is 5.69 Å². The number of hydrogen-bond acceptors (Lipinski definition) is 6. The Morgan fingerprint density at radius 3 is 2.88 bits per heavy atom. The van der Waals surface area contributed by atoms with Crippen LogP contribution in [-0.2, 0) is 4.74 Å². The molecule has 1 N–H and O–H groups in total. The Bertz CT molecular complexity index is 846. The summed E-state index contributed by atoms with van der Waals surface area (Å²) in [6.45, 7) is 0.958. The molecule has 3 aromatic rings. The lowest BCUT2D eigenvalue weighted by atomic mass is 10.0. The zero-order chi connectivity index (χ0) is 17.2. The van der Waals surface area contributed by atoms with E-state index in [0.29, 0.717) is 18.8 Å². The highest BCUT2D eigenvalue weighted by Gasteiger charge is 2.39. The molecule has 0 unspecified atom stereocenters. The highest BCUT2D eigenvalue weighted by Crippen LogP contribution is 2.29. The highest BCUT2D eigenvalue weighted by molar-refractivity contribution is 5.92. The molecular weight excluding hydrogens is 322 g/mol. The molecule has 128 valence electrons. The van der Waals surface area contributed by atoms with Crippen molar-refractivity contribution in [3.05, 3.63) is 54.0 Å². The van der Waals surface area contributed by atoms with Crippen LogP contribution in [0.2, 0.25) is 0 Å². The molecule has 0 saturated carbocycles. The number of aromatic amines is 1. The second-order valence-electron chi connectivity index (χ2n) is 5.93. The van der Waals surface area contributed by atoms with Crippen LogP contribution in [0.25, 0.3) is 11.3 Å². The number of methoxy groups -OCH3 is 1. The molecule has 2 aromatic heterocycles. The molecule has 1 amide bonds. The van der Waals surface area contributed by atoms with Gasteiger partial charge in [-0.15, -0.1) is 0 Å². The minimum atomic E-state index is -0.206. The molecule has 2 atom stereocenters. The largest absolute Gasteiger partial charge is 0.379 e. The number of benzene rings is 1. The molecule has 1 aromatic carbocycles. The van der Waals surface area contributed by atoms with E-state index < -0.39 is 0 Å². The number of carbonyl (C=O) groups excluding carboxylic acids is 1. The standard InChI is InChI=1S/C17H17N5O3/c1-24-16-10-22(9-12(16)14-8-18-21-19-14)17(23)15-7-13(20-25-15)11-5-3-2-4-6-11/h2-8,12,16H,9-10H2,1H3,(H,18,19,21)/t12-,16+/m0/s1. The van der Waals surface area contributed by atoms with Gasteiger partial charge in [-0.2, -0.15) is 15.4 Å². The maximum Gasteiger partial charge on any atom is 0.292 e. The van der Waals surface area contributed by atoms with E-state index >= 15 is 0 Å². The number of rotatable bonds is 4. The van der Waals surface area contributed by atoms with E-state index in [2.05, 4.69) is 20.6 Å². The lowest BCUT2D eigenvalue weighted by Crippen LogP contribution is -2.29. The Labute approximate surface area is 143 Å². The molecule has 0 radical (unpaired) electrons. The van der Waals surface area contributed by atoms with E-state index in [1.54, 1.807) is 24.3 Å². The molecule has 1 aliphatic rings.